The van der Waals surface area contributed by atoms with Gasteiger partial charge in [-0.15, -0.1) is 0 Å². The van der Waals surface area contributed by atoms with Crippen LogP contribution in [0.2, 0.25) is 0 Å². The highest BCUT2D eigenvalue weighted by Crippen LogP contribution is 2.30. The summed E-state index contributed by atoms with van der Waals surface area (Å²) in [5.74, 6) is -0.0985. The van der Waals surface area contributed by atoms with Crippen molar-refractivity contribution in [2.45, 2.75) is 33.1 Å². The highest BCUT2D eigenvalue weighted by atomic mass is 79.9. The molecule has 0 fully saturated rings. The molecule has 2 aromatic carbocycles. The molecule has 0 aliphatic rings. The Morgan fingerprint density at radius 3 is 2.38 bits per heavy atom. The van der Waals surface area contributed by atoms with Crippen LogP contribution in [-0.4, -0.2) is 5.91 Å². The standard InChI is InChI=1S/C18H20BrNO/c1-12-9-10-13(15(19)11-12)17(21)20-16-8-6-5-7-14(16)18(2,3)4/h5-11H,1-4H3,(H,20,21). The largest absolute Gasteiger partial charge is 0.322 e. The normalized spacial score (nSPS) is 11.3. The lowest BCUT2D eigenvalue weighted by atomic mass is 9.86. The van der Waals surface area contributed by atoms with Crippen molar-refractivity contribution >= 4 is 27.5 Å². The van der Waals surface area contributed by atoms with E-state index in [9.17, 15) is 4.79 Å². The summed E-state index contributed by atoms with van der Waals surface area (Å²) < 4.78 is 0.813. The average molecular weight is 346 g/mol. The third kappa shape index (κ3) is 3.73. The second-order valence-corrected chi connectivity index (χ2v) is 7.09. The molecular weight excluding hydrogens is 326 g/mol. The summed E-state index contributed by atoms with van der Waals surface area (Å²) >= 11 is 3.46. The molecule has 0 saturated heterocycles. The first-order chi connectivity index (χ1) is 9.79. The van der Waals surface area contributed by atoms with Gasteiger partial charge in [-0.25, -0.2) is 0 Å². The van der Waals surface area contributed by atoms with Crippen LogP contribution in [0, 0.1) is 6.92 Å². The fourth-order valence-electron chi connectivity index (χ4n) is 2.24. The van der Waals surface area contributed by atoms with E-state index in [1.54, 1.807) is 0 Å². The summed E-state index contributed by atoms with van der Waals surface area (Å²) in [6.07, 6.45) is 0. The van der Waals surface area contributed by atoms with Crippen molar-refractivity contribution in [3.8, 4) is 0 Å². The molecule has 21 heavy (non-hydrogen) atoms. The van der Waals surface area contributed by atoms with Gasteiger partial charge in [0.05, 0.1) is 5.56 Å². The Kier molecular flexibility index (Phi) is 4.52. The summed E-state index contributed by atoms with van der Waals surface area (Å²) in [4.78, 5) is 12.5. The minimum Gasteiger partial charge on any atom is -0.322 e. The number of nitrogens with one attached hydrogen (secondary N) is 1. The number of hydrogen-bond donors (Lipinski definition) is 1. The van der Waals surface area contributed by atoms with Crippen LogP contribution in [-0.2, 0) is 5.41 Å². The second-order valence-electron chi connectivity index (χ2n) is 6.23. The fourth-order valence-corrected chi connectivity index (χ4v) is 2.91. The van der Waals surface area contributed by atoms with E-state index in [4.69, 9.17) is 0 Å². The molecule has 2 aromatic rings. The van der Waals surface area contributed by atoms with Gasteiger partial charge in [-0.1, -0.05) is 45.0 Å². The summed E-state index contributed by atoms with van der Waals surface area (Å²) in [5, 5.41) is 3.02. The SMILES string of the molecule is Cc1ccc(C(=O)Nc2ccccc2C(C)(C)C)c(Br)c1. The number of amides is 1. The molecule has 0 atom stereocenters. The number of hydrogen-bond acceptors (Lipinski definition) is 1. The molecule has 0 aromatic heterocycles. The number of rotatable bonds is 2. The summed E-state index contributed by atoms with van der Waals surface area (Å²) in [7, 11) is 0. The second kappa shape index (κ2) is 6.02. The predicted molar refractivity (Wildman–Crippen MR) is 92.0 cm³/mol. The van der Waals surface area contributed by atoms with Crippen LogP contribution >= 0.6 is 15.9 Å². The van der Waals surface area contributed by atoms with Gasteiger partial charge in [0.2, 0.25) is 0 Å². The molecule has 3 heteroatoms. The lowest BCUT2D eigenvalue weighted by molar-refractivity contribution is 0.102. The van der Waals surface area contributed by atoms with Gasteiger partial charge < -0.3 is 5.32 Å². The Balaban J connectivity index is 2.32. The number of halogens is 1. The number of anilines is 1. The Bertz CT molecular complexity index is 671. The lowest BCUT2D eigenvalue weighted by Gasteiger charge is -2.23. The molecule has 0 saturated carbocycles. The van der Waals surface area contributed by atoms with Crippen LogP contribution in [0.4, 0.5) is 5.69 Å². The highest BCUT2D eigenvalue weighted by molar-refractivity contribution is 9.10. The zero-order valence-corrected chi connectivity index (χ0v) is 14.4. The minimum absolute atomic E-state index is 0.0195. The first kappa shape index (κ1) is 15.8. The molecule has 0 bridgehead atoms. The highest BCUT2D eigenvalue weighted by Gasteiger charge is 2.19. The maximum absolute atomic E-state index is 12.5. The predicted octanol–water partition coefficient (Wildman–Crippen LogP) is 5.31. The van der Waals surface area contributed by atoms with Gasteiger partial charge in [0, 0.05) is 10.2 Å². The van der Waals surface area contributed by atoms with Crippen LogP contribution in [0.25, 0.3) is 0 Å². The maximum Gasteiger partial charge on any atom is 0.256 e. The van der Waals surface area contributed by atoms with Gasteiger partial charge in [0.1, 0.15) is 0 Å². The number of carbonyl (C=O) groups is 1. The van der Waals surface area contributed by atoms with E-state index in [1.807, 2.05) is 43.3 Å². The van der Waals surface area contributed by atoms with Crippen molar-refractivity contribution < 1.29 is 4.79 Å². The Hall–Kier alpha value is -1.61. The van der Waals surface area contributed by atoms with Gasteiger partial charge >= 0.3 is 0 Å². The number of benzene rings is 2. The monoisotopic (exact) mass is 345 g/mol. The first-order valence-corrected chi connectivity index (χ1v) is 7.75. The molecule has 2 nitrogen and oxygen atoms in total. The molecule has 2 rings (SSSR count). The van der Waals surface area contributed by atoms with Gasteiger partial charge in [0.25, 0.3) is 5.91 Å². The topological polar surface area (TPSA) is 29.1 Å². The van der Waals surface area contributed by atoms with Crippen LogP contribution in [0.1, 0.15) is 42.3 Å². The van der Waals surface area contributed by atoms with Gasteiger partial charge in [-0.05, 0) is 57.6 Å². The molecule has 0 unspecified atom stereocenters. The van der Waals surface area contributed by atoms with Crippen molar-refractivity contribution in [2.24, 2.45) is 0 Å². The first-order valence-electron chi connectivity index (χ1n) is 6.96. The van der Waals surface area contributed by atoms with Crippen LogP contribution < -0.4 is 5.32 Å². The Morgan fingerprint density at radius 2 is 1.76 bits per heavy atom. The molecule has 0 radical (unpaired) electrons. The summed E-state index contributed by atoms with van der Waals surface area (Å²) in [6, 6.07) is 13.7. The average Bonchev–Trinajstić information content (AvgIpc) is 2.37. The third-order valence-corrected chi connectivity index (χ3v) is 4.01. The number of aryl methyl sites for hydroxylation is 1. The smallest absolute Gasteiger partial charge is 0.256 e. The quantitative estimate of drug-likeness (QED) is 0.785. The van der Waals surface area contributed by atoms with E-state index in [2.05, 4.69) is 48.1 Å². The Morgan fingerprint density at radius 1 is 1.10 bits per heavy atom. The van der Waals surface area contributed by atoms with E-state index in [0.717, 1.165) is 21.3 Å². The Labute approximate surface area is 134 Å². The van der Waals surface area contributed by atoms with E-state index >= 15 is 0 Å². The van der Waals surface area contributed by atoms with Crippen molar-refractivity contribution in [3.63, 3.8) is 0 Å². The van der Waals surface area contributed by atoms with Crippen molar-refractivity contribution in [3.05, 3.63) is 63.6 Å². The lowest BCUT2D eigenvalue weighted by Crippen LogP contribution is -2.19. The van der Waals surface area contributed by atoms with Gasteiger partial charge in [0.15, 0.2) is 0 Å². The molecule has 0 spiro atoms. The summed E-state index contributed by atoms with van der Waals surface area (Å²) in [5.41, 5.74) is 3.73. The maximum atomic E-state index is 12.5. The zero-order chi connectivity index (χ0) is 15.6. The van der Waals surface area contributed by atoms with E-state index in [0.29, 0.717) is 5.56 Å². The summed E-state index contributed by atoms with van der Waals surface area (Å²) in [6.45, 7) is 8.42. The van der Waals surface area contributed by atoms with Crippen molar-refractivity contribution in [1.82, 2.24) is 0 Å². The van der Waals surface area contributed by atoms with Crippen LogP contribution in [0.15, 0.2) is 46.9 Å². The molecule has 0 aliphatic heterocycles. The van der Waals surface area contributed by atoms with Crippen LogP contribution in [0.5, 0.6) is 0 Å². The number of para-hydroxylation sites is 1. The molecule has 110 valence electrons. The van der Waals surface area contributed by atoms with Crippen LogP contribution in [0.3, 0.4) is 0 Å². The fraction of sp³-hybridized carbons (Fsp3) is 0.278. The van der Waals surface area contributed by atoms with Crippen molar-refractivity contribution in [1.29, 1.82) is 0 Å². The molecule has 1 N–H and O–H groups in total. The molecular formula is C18H20BrNO. The zero-order valence-electron chi connectivity index (χ0n) is 12.8. The van der Waals surface area contributed by atoms with E-state index < -0.39 is 0 Å². The molecule has 0 aliphatic carbocycles. The van der Waals surface area contributed by atoms with E-state index in [1.165, 1.54) is 0 Å². The van der Waals surface area contributed by atoms with Crippen molar-refractivity contribution in [2.75, 3.05) is 5.32 Å². The molecule has 0 heterocycles. The van der Waals surface area contributed by atoms with Gasteiger partial charge in [-0.3, -0.25) is 4.79 Å². The van der Waals surface area contributed by atoms with Gasteiger partial charge in [-0.2, -0.15) is 0 Å². The minimum atomic E-state index is -0.0985. The van der Waals surface area contributed by atoms with E-state index in [-0.39, 0.29) is 11.3 Å². The molecule has 1 amide bonds. The number of carbonyl (C=O) groups excluding carboxylic acids is 1. The third-order valence-electron chi connectivity index (χ3n) is 3.35.